The molecule has 1 heterocycles. The molecule has 1 aliphatic heterocycles. The van der Waals surface area contributed by atoms with Crippen LogP contribution in [0.2, 0.25) is 5.02 Å². The van der Waals surface area contributed by atoms with Gasteiger partial charge in [0.05, 0.1) is 17.9 Å². The minimum Gasteiger partial charge on any atom is -0.462 e. The van der Waals surface area contributed by atoms with E-state index in [0.29, 0.717) is 22.8 Å². The summed E-state index contributed by atoms with van der Waals surface area (Å²) >= 11 is 6.04. The minimum absolute atomic E-state index is 0.129. The van der Waals surface area contributed by atoms with Crippen molar-refractivity contribution in [2.45, 2.75) is 6.92 Å². The lowest BCUT2D eigenvalue weighted by molar-refractivity contribution is -0.113. The molecule has 0 aromatic heterocycles. The summed E-state index contributed by atoms with van der Waals surface area (Å²) in [5.41, 5.74) is 4.32. The molecule has 31 heavy (non-hydrogen) atoms. The first-order valence-corrected chi connectivity index (χ1v) is 10.3. The average molecular weight is 430 g/mol. The molecule has 1 amide bonds. The first-order valence-electron chi connectivity index (χ1n) is 9.93. The lowest BCUT2D eigenvalue weighted by atomic mass is 10.1. The van der Waals surface area contributed by atoms with Crippen molar-refractivity contribution in [1.29, 1.82) is 0 Å². The standard InChI is InChI=1S/C26H20ClNO3/c1-2-31-26(30)20-10-8-18(9-11-20)16-21-17-24(19-6-4-3-5-7-19)28(25(21)29)23-14-12-22(27)13-15-23/h3-17H,2H2,1H3. The molecule has 0 bridgehead atoms. The molecule has 0 radical (unpaired) electrons. The summed E-state index contributed by atoms with van der Waals surface area (Å²) in [5, 5.41) is 0.609. The molecular formula is C26H20ClNO3. The zero-order valence-electron chi connectivity index (χ0n) is 16.9. The number of anilines is 1. The van der Waals surface area contributed by atoms with E-state index in [1.807, 2.05) is 54.6 Å². The summed E-state index contributed by atoms with van der Waals surface area (Å²) in [6.07, 6.45) is 3.70. The highest BCUT2D eigenvalue weighted by Crippen LogP contribution is 2.35. The van der Waals surface area contributed by atoms with Crippen molar-refractivity contribution in [3.8, 4) is 0 Å². The Bertz CT molecular complexity index is 1160. The Balaban J connectivity index is 1.71. The van der Waals surface area contributed by atoms with Crippen molar-refractivity contribution in [1.82, 2.24) is 0 Å². The van der Waals surface area contributed by atoms with Crippen molar-refractivity contribution < 1.29 is 14.3 Å². The number of amides is 1. The maximum atomic E-state index is 13.3. The number of rotatable bonds is 5. The van der Waals surface area contributed by atoms with Gasteiger partial charge in [-0.05, 0) is 66.6 Å². The maximum absolute atomic E-state index is 13.3. The molecule has 0 atom stereocenters. The first kappa shape index (κ1) is 20.6. The zero-order valence-corrected chi connectivity index (χ0v) is 17.7. The van der Waals surface area contributed by atoms with Crippen LogP contribution >= 0.6 is 11.6 Å². The summed E-state index contributed by atoms with van der Waals surface area (Å²) in [6.45, 7) is 2.10. The number of carbonyl (C=O) groups is 2. The van der Waals surface area contributed by atoms with Gasteiger partial charge < -0.3 is 4.74 Å². The number of ether oxygens (including phenoxy) is 1. The molecule has 154 valence electrons. The third-order valence-corrected chi connectivity index (χ3v) is 5.13. The van der Waals surface area contributed by atoms with E-state index in [2.05, 4.69) is 0 Å². The normalized spacial score (nSPS) is 14.6. The first-order chi connectivity index (χ1) is 15.1. The highest BCUT2D eigenvalue weighted by atomic mass is 35.5. The summed E-state index contributed by atoms with van der Waals surface area (Å²) in [6, 6.07) is 23.9. The lowest BCUT2D eigenvalue weighted by Gasteiger charge is -2.21. The van der Waals surface area contributed by atoms with E-state index in [-0.39, 0.29) is 11.9 Å². The van der Waals surface area contributed by atoms with Gasteiger partial charge in [-0.3, -0.25) is 9.69 Å². The van der Waals surface area contributed by atoms with E-state index in [1.165, 1.54) is 0 Å². The van der Waals surface area contributed by atoms with E-state index in [4.69, 9.17) is 16.3 Å². The van der Waals surface area contributed by atoms with Crippen molar-refractivity contribution in [2.75, 3.05) is 11.5 Å². The molecule has 1 aliphatic rings. The Morgan fingerprint density at radius 2 is 1.65 bits per heavy atom. The topological polar surface area (TPSA) is 46.6 Å². The Hall–Kier alpha value is -3.63. The molecule has 0 saturated carbocycles. The molecule has 4 rings (SSSR count). The van der Waals surface area contributed by atoms with E-state index in [0.717, 1.165) is 22.5 Å². The second-order valence-corrected chi connectivity index (χ2v) is 7.39. The van der Waals surface area contributed by atoms with Crippen LogP contribution in [0.3, 0.4) is 0 Å². The SMILES string of the molecule is CCOC(=O)c1ccc(C=C2C=C(c3ccccc3)N(c3ccc(Cl)cc3)C2=O)cc1. The van der Waals surface area contributed by atoms with Crippen LogP contribution in [0, 0.1) is 0 Å². The van der Waals surface area contributed by atoms with Crippen LogP contribution in [0.15, 0.2) is 90.5 Å². The summed E-state index contributed by atoms with van der Waals surface area (Å²) in [5.74, 6) is -0.491. The average Bonchev–Trinajstić information content (AvgIpc) is 3.11. The van der Waals surface area contributed by atoms with Crippen LogP contribution in [0.1, 0.15) is 28.4 Å². The number of carbonyl (C=O) groups excluding carboxylic acids is 2. The second kappa shape index (κ2) is 9.02. The van der Waals surface area contributed by atoms with Crippen molar-refractivity contribution in [3.63, 3.8) is 0 Å². The fourth-order valence-electron chi connectivity index (χ4n) is 3.39. The molecular weight excluding hydrogens is 410 g/mol. The predicted molar refractivity (Wildman–Crippen MR) is 124 cm³/mol. The van der Waals surface area contributed by atoms with Crippen LogP contribution in [0.25, 0.3) is 11.8 Å². The smallest absolute Gasteiger partial charge is 0.338 e. The molecule has 0 N–H and O–H groups in total. The van der Waals surface area contributed by atoms with Crippen molar-refractivity contribution in [2.24, 2.45) is 0 Å². The number of hydrogen-bond acceptors (Lipinski definition) is 3. The highest BCUT2D eigenvalue weighted by molar-refractivity contribution is 6.30. The molecule has 0 saturated heterocycles. The molecule has 0 unspecified atom stereocenters. The van der Waals surface area contributed by atoms with E-state index in [1.54, 1.807) is 48.2 Å². The van der Waals surface area contributed by atoms with E-state index < -0.39 is 0 Å². The van der Waals surface area contributed by atoms with Crippen molar-refractivity contribution in [3.05, 3.63) is 112 Å². The number of halogens is 1. The number of esters is 1. The molecule has 0 fully saturated rings. The van der Waals surface area contributed by atoms with Gasteiger partial charge in [-0.2, -0.15) is 0 Å². The fraction of sp³-hybridized carbons (Fsp3) is 0.0769. The Kier molecular flexibility index (Phi) is 6.01. The zero-order chi connectivity index (χ0) is 21.8. The molecule has 5 heteroatoms. The fourth-order valence-corrected chi connectivity index (χ4v) is 3.52. The monoisotopic (exact) mass is 429 g/mol. The largest absolute Gasteiger partial charge is 0.462 e. The Labute approximate surface area is 186 Å². The molecule has 3 aromatic carbocycles. The summed E-state index contributed by atoms with van der Waals surface area (Å²) < 4.78 is 5.02. The van der Waals surface area contributed by atoms with Gasteiger partial charge in [0.25, 0.3) is 5.91 Å². The van der Waals surface area contributed by atoms with Gasteiger partial charge in [-0.1, -0.05) is 54.1 Å². The van der Waals surface area contributed by atoms with Crippen molar-refractivity contribution >= 4 is 40.9 Å². The predicted octanol–water partition coefficient (Wildman–Crippen LogP) is 5.99. The molecule has 3 aromatic rings. The number of hydrogen-bond donors (Lipinski definition) is 0. The molecule has 0 spiro atoms. The van der Waals surface area contributed by atoms with Gasteiger partial charge in [0.2, 0.25) is 0 Å². The maximum Gasteiger partial charge on any atom is 0.338 e. The van der Waals surface area contributed by atoms with Gasteiger partial charge in [0, 0.05) is 16.3 Å². The van der Waals surface area contributed by atoms with Gasteiger partial charge in [0.1, 0.15) is 0 Å². The van der Waals surface area contributed by atoms with Gasteiger partial charge in [0.15, 0.2) is 0 Å². The van der Waals surface area contributed by atoms with Crippen LogP contribution in [-0.4, -0.2) is 18.5 Å². The highest BCUT2D eigenvalue weighted by Gasteiger charge is 2.30. The second-order valence-electron chi connectivity index (χ2n) is 6.95. The van der Waals surface area contributed by atoms with E-state index in [9.17, 15) is 9.59 Å². The summed E-state index contributed by atoms with van der Waals surface area (Å²) in [7, 11) is 0. The quantitative estimate of drug-likeness (QED) is 0.369. The van der Waals surface area contributed by atoms with Gasteiger partial charge in [-0.25, -0.2) is 4.79 Å². The molecule has 0 aliphatic carbocycles. The third-order valence-electron chi connectivity index (χ3n) is 4.88. The van der Waals surface area contributed by atoms with Crippen LogP contribution in [0.5, 0.6) is 0 Å². The number of nitrogens with zero attached hydrogens (tertiary/aromatic N) is 1. The summed E-state index contributed by atoms with van der Waals surface area (Å²) in [4.78, 5) is 26.9. The van der Waals surface area contributed by atoms with Gasteiger partial charge >= 0.3 is 5.97 Å². The van der Waals surface area contributed by atoms with Crippen LogP contribution in [0.4, 0.5) is 5.69 Å². The van der Waals surface area contributed by atoms with Crippen LogP contribution in [-0.2, 0) is 9.53 Å². The number of benzene rings is 3. The molecule has 4 nitrogen and oxygen atoms in total. The lowest BCUT2D eigenvalue weighted by Crippen LogP contribution is -2.24. The third kappa shape index (κ3) is 4.44. The van der Waals surface area contributed by atoms with Crippen LogP contribution < -0.4 is 4.90 Å². The van der Waals surface area contributed by atoms with Gasteiger partial charge in [-0.15, -0.1) is 0 Å². The van der Waals surface area contributed by atoms with E-state index >= 15 is 0 Å². The Morgan fingerprint density at radius 3 is 2.29 bits per heavy atom. The Morgan fingerprint density at radius 1 is 0.968 bits per heavy atom. The minimum atomic E-state index is -0.362.